The molecule has 2 aromatic carbocycles. The van der Waals surface area contributed by atoms with Crippen molar-refractivity contribution >= 4 is 17.5 Å². The number of amides is 2. The number of ether oxygens (including phenoxy) is 4. The van der Waals surface area contributed by atoms with Crippen molar-refractivity contribution < 1.29 is 28.5 Å². The number of benzene rings is 2. The first-order valence-electron chi connectivity index (χ1n) is 9.67. The van der Waals surface area contributed by atoms with Crippen molar-refractivity contribution in [2.75, 3.05) is 39.8 Å². The molecule has 1 unspecified atom stereocenters. The molecule has 0 aromatic heterocycles. The molecule has 30 heavy (non-hydrogen) atoms. The minimum Gasteiger partial charge on any atom is -0.493 e. The maximum Gasteiger partial charge on any atom is 0.255 e. The van der Waals surface area contributed by atoms with Gasteiger partial charge in [-0.1, -0.05) is 6.07 Å². The van der Waals surface area contributed by atoms with Crippen LogP contribution in [0.5, 0.6) is 17.2 Å². The summed E-state index contributed by atoms with van der Waals surface area (Å²) in [4.78, 5) is 25.2. The highest BCUT2D eigenvalue weighted by molar-refractivity contribution is 6.06. The van der Waals surface area contributed by atoms with Crippen LogP contribution in [0.25, 0.3) is 0 Å². The molecule has 8 heteroatoms. The van der Waals surface area contributed by atoms with E-state index in [1.165, 1.54) is 21.3 Å². The van der Waals surface area contributed by atoms with Gasteiger partial charge in [-0.3, -0.25) is 9.59 Å². The van der Waals surface area contributed by atoms with E-state index in [4.69, 9.17) is 18.9 Å². The molecule has 0 spiro atoms. The summed E-state index contributed by atoms with van der Waals surface area (Å²) >= 11 is 0. The third kappa shape index (κ3) is 5.01. The van der Waals surface area contributed by atoms with Crippen LogP contribution in [0, 0.1) is 0 Å². The molecule has 160 valence electrons. The van der Waals surface area contributed by atoms with Crippen molar-refractivity contribution in [1.82, 2.24) is 5.32 Å². The monoisotopic (exact) mass is 414 g/mol. The van der Waals surface area contributed by atoms with Crippen LogP contribution in [0.4, 0.5) is 5.69 Å². The quantitative estimate of drug-likeness (QED) is 0.690. The topological polar surface area (TPSA) is 95.1 Å². The van der Waals surface area contributed by atoms with Crippen LogP contribution in [0.3, 0.4) is 0 Å². The first-order chi connectivity index (χ1) is 14.5. The molecule has 1 saturated heterocycles. The van der Waals surface area contributed by atoms with Gasteiger partial charge in [-0.15, -0.1) is 0 Å². The summed E-state index contributed by atoms with van der Waals surface area (Å²) in [5.41, 5.74) is 1.28. The van der Waals surface area contributed by atoms with E-state index in [0.717, 1.165) is 19.4 Å². The van der Waals surface area contributed by atoms with Gasteiger partial charge < -0.3 is 29.6 Å². The third-order valence-corrected chi connectivity index (χ3v) is 4.82. The van der Waals surface area contributed by atoms with Crippen molar-refractivity contribution in [2.24, 2.45) is 0 Å². The molecule has 1 fully saturated rings. The Morgan fingerprint density at radius 3 is 2.33 bits per heavy atom. The summed E-state index contributed by atoms with van der Waals surface area (Å²) in [6.45, 7) is 1.21. The van der Waals surface area contributed by atoms with Gasteiger partial charge in [0, 0.05) is 30.0 Å². The molecular formula is C22H26N2O6. The number of anilines is 1. The third-order valence-electron chi connectivity index (χ3n) is 4.82. The average Bonchev–Trinajstić information content (AvgIpc) is 3.30. The van der Waals surface area contributed by atoms with Crippen molar-refractivity contribution in [3.8, 4) is 17.2 Å². The fraction of sp³-hybridized carbons (Fsp3) is 0.364. The summed E-state index contributed by atoms with van der Waals surface area (Å²) in [5.74, 6) is 0.579. The number of nitrogens with one attached hydrogen (secondary N) is 2. The minimum absolute atomic E-state index is 0.0665. The second-order valence-electron chi connectivity index (χ2n) is 6.79. The molecular weight excluding hydrogens is 388 g/mol. The number of rotatable bonds is 8. The highest BCUT2D eigenvalue weighted by Gasteiger charge is 2.19. The Morgan fingerprint density at radius 2 is 1.73 bits per heavy atom. The van der Waals surface area contributed by atoms with E-state index in [1.807, 2.05) is 0 Å². The Labute approximate surface area is 175 Å². The van der Waals surface area contributed by atoms with Crippen LogP contribution >= 0.6 is 0 Å². The highest BCUT2D eigenvalue weighted by atomic mass is 16.5. The van der Waals surface area contributed by atoms with Crippen LogP contribution in [-0.4, -0.2) is 52.4 Å². The summed E-state index contributed by atoms with van der Waals surface area (Å²) in [5, 5.41) is 5.67. The molecule has 0 bridgehead atoms. The molecule has 0 saturated carbocycles. The predicted molar refractivity (Wildman–Crippen MR) is 112 cm³/mol. The summed E-state index contributed by atoms with van der Waals surface area (Å²) in [6.07, 6.45) is 2.03. The second kappa shape index (κ2) is 9.98. The Hall–Kier alpha value is -3.26. The minimum atomic E-state index is -0.369. The normalized spacial score (nSPS) is 15.4. The van der Waals surface area contributed by atoms with Gasteiger partial charge in [-0.2, -0.15) is 0 Å². The molecule has 3 rings (SSSR count). The zero-order valence-electron chi connectivity index (χ0n) is 17.3. The van der Waals surface area contributed by atoms with Gasteiger partial charge in [0.15, 0.2) is 11.5 Å². The fourth-order valence-electron chi connectivity index (χ4n) is 3.27. The maximum absolute atomic E-state index is 12.8. The fourth-order valence-corrected chi connectivity index (χ4v) is 3.27. The number of hydrogen-bond acceptors (Lipinski definition) is 6. The van der Waals surface area contributed by atoms with Gasteiger partial charge >= 0.3 is 0 Å². The van der Waals surface area contributed by atoms with Gasteiger partial charge in [0.25, 0.3) is 11.8 Å². The van der Waals surface area contributed by atoms with E-state index in [-0.39, 0.29) is 17.9 Å². The SMILES string of the molecule is COc1cc(C(=O)Nc2cccc(C(=O)NCC3CCCO3)c2)cc(OC)c1OC. The Bertz CT molecular complexity index is 883. The van der Waals surface area contributed by atoms with Crippen molar-refractivity contribution in [1.29, 1.82) is 0 Å². The Morgan fingerprint density at radius 1 is 1.00 bits per heavy atom. The molecule has 2 amide bonds. The molecule has 1 aliphatic heterocycles. The van der Waals surface area contributed by atoms with E-state index >= 15 is 0 Å². The summed E-state index contributed by atoms with van der Waals surface area (Å²) in [6, 6.07) is 9.88. The zero-order chi connectivity index (χ0) is 21.5. The van der Waals surface area contributed by atoms with Crippen LogP contribution in [0.2, 0.25) is 0 Å². The molecule has 1 heterocycles. The zero-order valence-corrected chi connectivity index (χ0v) is 17.3. The van der Waals surface area contributed by atoms with Gasteiger partial charge in [0.2, 0.25) is 5.75 Å². The first kappa shape index (κ1) is 21.4. The molecule has 2 N–H and O–H groups in total. The van der Waals surface area contributed by atoms with E-state index in [1.54, 1.807) is 36.4 Å². The second-order valence-corrected chi connectivity index (χ2v) is 6.79. The van der Waals surface area contributed by atoms with E-state index < -0.39 is 0 Å². The van der Waals surface area contributed by atoms with E-state index in [9.17, 15) is 9.59 Å². The smallest absolute Gasteiger partial charge is 0.255 e. The largest absolute Gasteiger partial charge is 0.493 e. The number of carbonyl (C=O) groups excluding carboxylic acids is 2. The molecule has 1 aliphatic rings. The number of hydrogen-bond donors (Lipinski definition) is 2. The van der Waals surface area contributed by atoms with Gasteiger partial charge in [-0.05, 0) is 43.2 Å². The van der Waals surface area contributed by atoms with Crippen molar-refractivity contribution in [3.05, 3.63) is 47.5 Å². The van der Waals surface area contributed by atoms with Crippen LogP contribution in [-0.2, 0) is 4.74 Å². The van der Waals surface area contributed by atoms with Crippen molar-refractivity contribution in [2.45, 2.75) is 18.9 Å². The Balaban J connectivity index is 1.71. The van der Waals surface area contributed by atoms with E-state index in [0.29, 0.717) is 40.6 Å². The lowest BCUT2D eigenvalue weighted by Crippen LogP contribution is -2.31. The van der Waals surface area contributed by atoms with E-state index in [2.05, 4.69) is 10.6 Å². The molecule has 0 aliphatic carbocycles. The standard InChI is InChI=1S/C22H26N2O6/c1-27-18-11-15(12-19(28-2)20(18)29-3)22(26)24-16-7-4-6-14(10-16)21(25)23-13-17-8-5-9-30-17/h4,6-7,10-12,17H,5,8-9,13H2,1-3H3,(H,23,25)(H,24,26). The van der Waals surface area contributed by atoms with Gasteiger partial charge in [-0.25, -0.2) is 0 Å². The molecule has 1 atom stereocenters. The van der Waals surface area contributed by atoms with Gasteiger partial charge in [0.05, 0.1) is 27.4 Å². The summed E-state index contributed by atoms with van der Waals surface area (Å²) < 4.78 is 21.4. The van der Waals surface area contributed by atoms with Crippen LogP contribution < -0.4 is 24.8 Å². The lowest BCUT2D eigenvalue weighted by molar-refractivity contribution is 0.0857. The van der Waals surface area contributed by atoms with Crippen LogP contribution in [0.15, 0.2) is 36.4 Å². The molecule has 8 nitrogen and oxygen atoms in total. The molecule has 0 radical (unpaired) electrons. The predicted octanol–water partition coefficient (Wildman–Crippen LogP) is 2.87. The Kier molecular flexibility index (Phi) is 7.13. The highest BCUT2D eigenvalue weighted by Crippen LogP contribution is 2.38. The number of methoxy groups -OCH3 is 3. The lowest BCUT2D eigenvalue weighted by Gasteiger charge is -2.14. The first-order valence-corrected chi connectivity index (χ1v) is 9.67. The van der Waals surface area contributed by atoms with Gasteiger partial charge in [0.1, 0.15) is 0 Å². The molecule has 2 aromatic rings. The lowest BCUT2D eigenvalue weighted by atomic mass is 10.1. The van der Waals surface area contributed by atoms with Crippen molar-refractivity contribution in [3.63, 3.8) is 0 Å². The van der Waals surface area contributed by atoms with Crippen LogP contribution in [0.1, 0.15) is 33.6 Å². The maximum atomic E-state index is 12.8. The average molecular weight is 414 g/mol. The number of carbonyl (C=O) groups is 2. The summed E-state index contributed by atoms with van der Waals surface area (Å²) in [7, 11) is 4.46.